The predicted molar refractivity (Wildman–Crippen MR) is 77.8 cm³/mol. The van der Waals surface area contributed by atoms with Gasteiger partial charge >= 0.3 is 0 Å². The molecule has 2 N–H and O–H groups in total. The summed E-state index contributed by atoms with van der Waals surface area (Å²) < 4.78 is 0. The van der Waals surface area contributed by atoms with Crippen LogP contribution in [0.1, 0.15) is 37.6 Å². The number of aromatic nitrogens is 3. The fourth-order valence-corrected chi connectivity index (χ4v) is 1.91. The molecular formula is C15H20N4. The summed E-state index contributed by atoms with van der Waals surface area (Å²) >= 11 is 0. The zero-order valence-corrected chi connectivity index (χ0v) is 12.2. The number of aryl methyl sites for hydroxylation is 2. The van der Waals surface area contributed by atoms with Gasteiger partial charge in [-0.05, 0) is 25.0 Å². The van der Waals surface area contributed by atoms with Crippen molar-refractivity contribution >= 4 is 5.82 Å². The molecule has 2 aromatic heterocycles. The maximum absolute atomic E-state index is 5.89. The summed E-state index contributed by atoms with van der Waals surface area (Å²) in [6.07, 6.45) is 1.83. The molecule has 0 amide bonds. The molecule has 0 aliphatic rings. The van der Waals surface area contributed by atoms with E-state index in [0.717, 1.165) is 22.5 Å². The van der Waals surface area contributed by atoms with Gasteiger partial charge in [0.1, 0.15) is 11.5 Å². The van der Waals surface area contributed by atoms with Crippen LogP contribution in [0.5, 0.6) is 0 Å². The summed E-state index contributed by atoms with van der Waals surface area (Å²) in [7, 11) is 0. The number of hydrogen-bond acceptors (Lipinski definition) is 4. The Labute approximate surface area is 114 Å². The number of hydrogen-bond donors (Lipinski definition) is 1. The Bertz CT molecular complexity index is 612. The van der Waals surface area contributed by atoms with E-state index >= 15 is 0 Å². The molecule has 0 saturated carbocycles. The Balaban J connectivity index is 2.59. The van der Waals surface area contributed by atoms with Crippen molar-refractivity contribution in [3.05, 3.63) is 35.2 Å². The Morgan fingerprint density at radius 3 is 2.32 bits per heavy atom. The molecule has 0 atom stereocenters. The number of nitrogens with two attached hydrogens (primary N) is 1. The molecule has 0 saturated heterocycles. The zero-order valence-electron chi connectivity index (χ0n) is 12.2. The van der Waals surface area contributed by atoms with Gasteiger partial charge in [0, 0.05) is 17.7 Å². The molecule has 0 spiro atoms. The molecule has 0 aliphatic heterocycles. The third-order valence-corrected chi connectivity index (χ3v) is 2.94. The number of nitrogen functional groups attached to an aromatic ring is 1. The first-order valence-electron chi connectivity index (χ1n) is 6.36. The van der Waals surface area contributed by atoms with Crippen LogP contribution in [-0.4, -0.2) is 15.0 Å². The van der Waals surface area contributed by atoms with Crippen molar-refractivity contribution in [1.29, 1.82) is 0 Å². The van der Waals surface area contributed by atoms with Crippen LogP contribution in [0.2, 0.25) is 0 Å². The molecule has 19 heavy (non-hydrogen) atoms. The van der Waals surface area contributed by atoms with E-state index < -0.39 is 0 Å². The molecule has 0 unspecified atom stereocenters. The van der Waals surface area contributed by atoms with E-state index in [9.17, 15) is 0 Å². The highest BCUT2D eigenvalue weighted by Crippen LogP contribution is 2.25. The van der Waals surface area contributed by atoms with Crippen molar-refractivity contribution in [3.8, 4) is 11.5 Å². The number of rotatable bonds is 1. The lowest BCUT2D eigenvalue weighted by Crippen LogP contribution is -2.15. The second-order valence-corrected chi connectivity index (χ2v) is 5.93. The van der Waals surface area contributed by atoms with Gasteiger partial charge in [-0.15, -0.1) is 0 Å². The van der Waals surface area contributed by atoms with Crippen LogP contribution in [0.25, 0.3) is 11.5 Å². The predicted octanol–water partition coefficient (Wildman–Crippen LogP) is 3.04. The summed E-state index contributed by atoms with van der Waals surface area (Å²) in [4.78, 5) is 13.4. The fraction of sp³-hybridized carbons (Fsp3) is 0.400. The maximum atomic E-state index is 5.89. The molecule has 2 heterocycles. The SMILES string of the molecule is Cc1cnc(-c2nc(N)cc(C(C)(C)C)n2)c(C)c1. The second-order valence-electron chi connectivity index (χ2n) is 5.93. The van der Waals surface area contributed by atoms with Gasteiger partial charge in [0.25, 0.3) is 0 Å². The lowest BCUT2D eigenvalue weighted by molar-refractivity contribution is 0.568. The molecule has 4 heteroatoms. The molecule has 2 aromatic rings. The molecule has 4 nitrogen and oxygen atoms in total. The Hall–Kier alpha value is -1.97. The summed E-state index contributed by atoms with van der Waals surface area (Å²) in [5.74, 6) is 1.08. The first kappa shape index (κ1) is 13.5. The van der Waals surface area contributed by atoms with E-state index in [4.69, 9.17) is 5.73 Å². The quantitative estimate of drug-likeness (QED) is 0.851. The van der Waals surface area contributed by atoms with E-state index in [-0.39, 0.29) is 5.41 Å². The van der Waals surface area contributed by atoms with E-state index in [2.05, 4.69) is 41.8 Å². The number of anilines is 1. The van der Waals surface area contributed by atoms with Crippen molar-refractivity contribution in [2.24, 2.45) is 0 Å². The van der Waals surface area contributed by atoms with Crippen LogP contribution in [0.3, 0.4) is 0 Å². The smallest absolute Gasteiger partial charge is 0.180 e. The molecule has 0 aromatic carbocycles. The molecular weight excluding hydrogens is 236 g/mol. The van der Waals surface area contributed by atoms with Crippen molar-refractivity contribution in [1.82, 2.24) is 15.0 Å². The van der Waals surface area contributed by atoms with Crippen LogP contribution < -0.4 is 5.73 Å². The fourth-order valence-electron chi connectivity index (χ4n) is 1.91. The van der Waals surface area contributed by atoms with Crippen LogP contribution in [0, 0.1) is 13.8 Å². The average Bonchev–Trinajstić information content (AvgIpc) is 2.26. The number of pyridine rings is 1. The van der Waals surface area contributed by atoms with Gasteiger partial charge in [-0.2, -0.15) is 0 Å². The van der Waals surface area contributed by atoms with Gasteiger partial charge in [0.2, 0.25) is 0 Å². The highest BCUT2D eigenvalue weighted by atomic mass is 15.0. The Morgan fingerprint density at radius 2 is 1.74 bits per heavy atom. The topological polar surface area (TPSA) is 64.7 Å². The van der Waals surface area contributed by atoms with E-state index in [1.54, 1.807) is 0 Å². The van der Waals surface area contributed by atoms with Crippen LogP contribution in [0.15, 0.2) is 18.3 Å². The molecule has 100 valence electrons. The molecule has 2 rings (SSSR count). The minimum Gasteiger partial charge on any atom is -0.384 e. The summed E-state index contributed by atoms with van der Waals surface area (Å²) in [5.41, 5.74) is 9.74. The van der Waals surface area contributed by atoms with Crippen molar-refractivity contribution in [3.63, 3.8) is 0 Å². The van der Waals surface area contributed by atoms with Gasteiger partial charge in [-0.25, -0.2) is 9.97 Å². The molecule has 0 bridgehead atoms. The molecule has 0 fully saturated rings. The van der Waals surface area contributed by atoms with Crippen molar-refractivity contribution < 1.29 is 0 Å². The van der Waals surface area contributed by atoms with Crippen LogP contribution in [0.4, 0.5) is 5.82 Å². The lowest BCUT2D eigenvalue weighted by Gasteiger charge is -2.18. The minimum atomic E-state index is -0.0651. The second kappa shape index (κ2) is 4.61. The van der Waals surface area contributed by atoms with E-state index in [0.29, 0.717) is 11.6 Å². The van der Waals surface area contributed by atoms with Gasteiger partial charge in [-0.1, -0.05) is 26.8 Å². The highest BCUT2D eigenvalue weighted by molar-refractivity contribution is 5.57. The van der Waals surface area contributed by atoms with E-state index in [1.807, 2.05) is 26.1 Å². The van der Waals surface area contributed by atoms with Gasteiger partial charge in [0.15, 0.2) is 5.82 Å². The van der Waals surface area contributed by atoms with Gasteiger partial charge in [-0.3, -0.25) is 4.98 Å². The number of nitrogens with zero attached hydrogens (tertiary/aromatic N) is 3. The normalized spacial score (nSPS) is 11.6. The Morgan fingerprint density at radius 1 is 1.05 bits per heavy atom. The third kappa shape index (κ3) is 2.89. The zero-order chi connectivity index (χ0) is 14.2. The molecule has 0 radical (unpaired) electrons. The van der Waals surface area contributed by atoms with Crippen molar-refractivity contribution in [2.75, 3.05) is 5.73 Å². The van der Waals surface area contributed by atoms with E-state index in [1.165, 1.54) is 0 Å². The van der Waals surface area contributed by atoms with Crippen LogP contribution >= 0.6 is 0 Å². The maximum Gasteiger partial charge on any atom is 0.180 e. The highest BCUT2D eigenvalue weighted by Gasteiger charge is 2.18. The van der Waals surface area contributed by atoms with Gasteiger partial charge < -0.3 is 5.73 Å². The van der Waals surface area contributed by atoms with Crippen LogP contribution in [-0.2, 0) is 5.41 Å². The third-order valence-electron chi connectivity index (χ3n) is 2.94. The summed E-state index contributed by atoms with van der Waals surface area (Å²) in [5, 5.41) is 0. The molecule has 0 aliphatic carbocycles. The minimum absolute atomic E-state index is 0.0651. The van der Waals surface area contributed by atoms with Gasteiger partial charge in [0.05, 0.1) is 5.69 Å². The standard InChI is InChI=1S/C15H20N4/c1-9-6-10(2)13(17-8-9)14-18-11(15(3,4)5)7-12(16)19-14/h6-8H,1-5H3,(H2,16,18,19). The average molecular weight is 256 g/mol. The van der Waals surface area contributed by atoms with Crippen molar-refractivity contribution in [2.45, 2.75) is 40.0 Å². The first-order chi connectivity index (χ1) is 8.77. The Kier molecular flexibility index (Phi) is 3.27. The lowest BCUT2D eigenvalue weighted by atomic mass is 9.92. The summed E-state index contributed by atoms with van der Waals surface area (Å²) in [6.45, 7) is 10.3. The largest absolute Gasteiger partial charge is 0.384 e. The summed E-state index contributed by atoms with van der Waals surface area (Å²) in [6, 6.07) is 3.90. The monoisotopic (exact) mass is 256 g/mol. The first-order valence-corrected chi connectivity index (χ1v) is 6.36.